The predicted octanol–water partition coefficient (Wildman–Crippen LogP) is 1.92. The van der Waals surface area contributed by atoms with Crippen molar-refractivity contribution in [2.24, 2.45) is 5.92 Å². The minimum absolute atomic E-state index is 0.0771. The minimum Gasteiger partial charge on any atom is -0.466 e. The molecule has 0 atom stereocenters. The molecule has 0 saturated heterocycles. The molecule has 23 heavy (non-hydrogen) atoms. The van der Waals surface area contributed by atoms with Crippen LogP contribution in [0.15, 0.2) is 36.0 Å². The summed E-state index contributed by atoms with van der Waals surface area (Å²) < 4.78 is 9.10. The largest absolute Gasteiger partial charge is 0.466 e. The Bertz CT molecular complexity index is 623. The van der Waals surface area contributed by atoms with Gasteiger partial charge in [0.25, 0.3) is 0 Å². The second-order valence-corrected chi connectivity index (χ2v) is 4.92. The van der Waals surface area contributed by atoms with E-state index in [-0.39, 0.29) is 17.5 Å². The van der Waals surface area contributed by atoms with Crippen molar-refractivity contribution in [1.29, 1.82) is 0 Å². The summed E-state index contributed by atoms with van der Waals surface area (Å²) in [4.78, 5) is 34.7. The van der Waals surface area contributed by atoms with Crippen molar-refractivity contribution in [1.82, 2.24) is 0 Å². The monoisotopic (exact) mass is 320 g/mol. The lowest BCUT2D eigenvalue weighted by Crippen LogP contribution is -2.18. The lowest BCUT2D eigenvalue weighted by molar-refractivity contribution is -0.138. The fourth-order valence-electron chi connectivity index (χ4n) is 1.55. The van der Waals surface area contributed by atoms with E-state index in [0.717, 1.165) is 6.08 Å². The molecule has 0 unspecified atom stereocenters. The van der Waals surface area contributed by atoms with Crippen LogP contribution in [0.5, 0.6) is 0 Å². The number of hydrogen-bond donors (Lipinski definition) is 2. The Morgan fingerprint density at radius 1 is 1.04 bits per heavy atom. The first-order valence-corrected chi connectivity index (χ1v) is 6.93. The third kappa shape index (κ3) is 5.82. The van der Waals surface area contributed by atoms with Crippen LogP contribution in [0.1, 0.15) is 13.8 Å². The third-order valence-electron chi connectivity index (χ3n) is 2.80. The van der Waals surface area contributed by atoms with Crippen LogP contribution in [0.4, 0.5) is 11.4 Å². The fraction of sp³-hybridized carbons (Fsp3) is 0.312. The Labute approximate surface area is 134 Å². The van der Waals surface area contributed by atoms with Crippen molar-refractivity contribution in [3.05, 3.63) is 36.0 Å². The van der Waals surface area contributed by atoms with Gasteiger partial charge in [0, 0.05) is 17.3 Å². The highest BCUT2D eigenvalue weighted by atomic mass is 16.5. The van der Waals surface area contributed by atoms with Crippen LogP contribution in [0.25, 0.3) is 0 Å². The first-order chi connectivity index (χ1) is 10.9. The van der Waals surface area contributed by atoms with Gasteiger partial charge in [0.2, 0.25) is 5.91 Å². The molecule has 7 nitrogen and oxygen atoms in total. The number of nitrogens with one attached hydrogen (secondary N) is 2. The van der Waals surface area contributed by atoms with Crippen LogP contribution in [0, 0.1) is 5.92 Å². The van der Waals surface area contributed by atoms with Crippen LogP contribution in [-0.2, 0) is 23.9 Å². The Hall–Kier alpha value is -2.83. The SMILES string of the molecule is COC(=O)/C=C(/Nc1cccc(NC(=O)C(C)C)c1)C(=O)OC. The number of carbonyl (C=O) groups excluding carboxylic acids is 3. The molecule has 0 fully saturated rings. The maximum absolute atomic E-state index is 11.7. The fourth-order valence-corrected chi connectivity index (χ4v) is 1.55. The van der Waals surface area contributed by atoms with E-state index in [1.165, 1.54) is 14.2 Å². The Morgan fingerprint density at radius 2 is 1.65 bits per heavy atom. The molecule has 1 aromatic carbocycles. The smallest absolute Gasteiger partial charge is 0.354 e. The molecule has 0 spiro atoms. The topological polar surface area (TPSA) is 93.7 Å². The molecule has 0 radical (unpaired) electrons. The molecule has 1 aromatic rings. The summed E-state index contributed by atoms with van der Waals surface area (Å²) in [5.74, 6) is -1.69. The molecule has 0 bridgehead atoms. The van der Waals surface area contributed by atoms with Crippen molar-refractivity contribution >= 4 is 29.2 Å². The number of methoxy groups -OCH3 is 2. The molecule has 0 aliphatic carbocycles. The summed E-state index contributed by atoms with van der Waals surface area (Å²) in [5.41, 5.74) is 0.995. The molecule has 0 aliphatic heterocycles. The van der Waals surface area contributed by atoms with E-state index in [1.807, 2.05) is 0 Å². The van der Waals surface area contributed by atoms with Crippen LogP contribution in [0.3, 0.4) is 0 Å². The van der Waals surface area contributed by atoms with Gasteiger partial charge in [-0.3, -0.25) is 4.79 Å². The van der Waals surface area contributed by atoms with Gasteiger partial charge in [-0.25, -0.2) is 9.59 Å². The van der Waals surface area contributed by atoms with E-state index in [4.69, 9.17) is 0 Å². The number of ether oxygens (including phenoxy) is 2. The molecule has 1 amide bonds. The third-order valence-corrected chi connectivity index (χ3v) is 2.80. The van der Waals surface area contributed by atoms with E-state index in [0.29, 0.717) is 11.4 Å². The van der Waals surface area contributed by atoms with Gasteiger partial charge < -0.3 is 20.1 Å². The maximum Gasteiger partial charge on any atom is 0.354 e. The van der Waals surface area contributed by atoms with E-state index in [9.17, 15) is 14.4 Å². The summed E-state index contributed by atoms with van der Waals surface area (Å²) in [6, 6.07) is 6.73. The van der Waals surface area contributed by atoms with Gasteiger partial charge in [0.15, 0.2) is 0 Å². The van der Waals surface area contributed by atoms with Crippen LogP contribution >= 0.6 is 0 Å². The lowest BCUT2D eigenvalue weighted by atomic mass is 10.2. The zero-order chi connectivity index (χ0) is 17.4. The van der Waals surface area contributed by atoms with Gasteiger partial charge in [0.1, 0.15) is 5.70 Å². The van der Waals surface area contributed by atoms with Crippen molar-refractivity contribution in [2.75, 3.05) is 24.9 Å². The Morgan fingerprint density at radius 3 is 2.17 bits per heavy atom. The second kappa shape index (κ2) is 8.57. The van der Waals surface area contributed by atoms with Gasteiger partial charge in [0.05, 0.1) is 20.3 Å². The van der Waals surface area contributed by atoms with Crippen LogP contribution in [0.2, 0.25) is 0 Å². The number of anilines is 2. The minimum atomic E-state index is -0.716. The number of hydrogen-bond acceptors (Lipinski definition) is 6. The zero-order valence-corrected chi connectivity index (χ0v) is 13.5. The molecular formula is C16H20N2O5. The van der Waals surface area contributed by atoms with Gasteiger partial charge in [-0.1, -0.05) is 19.9 Å². The Kier molecular flexibility index (Phi) is 6.79. The van der Waals surface area contributed by atoms with Crippen LogP contribution < -0.4 is 10.6 Å². The number of carbonyl (C=O) groups is 3. The Balaban J connectivity index is 2.97. The van der Waals surface area contributed by atoms with Crippen molar-refractivity contribution < 1.29 is 23.9 Å². The van der Waals surface area contributed by atoms with Crippen molar-refractivity contribution in [2.45, 2.75) is 13.8 Å². The highest BCUT2D eigenvalue weighted by Gasteiger charge is 2.13. The summed E-state index contributed by atoms with van der Waals surface area (Å²) in [6.45, 7) is 3.57. The summed E-state index contributed by atoms with van der Waals surface area (Å²) >= 11 is 0. The molecule has 0 aliphatic rings. The average molecular weight is 320 g/mol. The van der Waals surface area contributed by atoms with Gasteiger partial charge >= 0.3 is 11.9 Å². The number of amides is 1. The molecule has 0 saturated carbocycles. The molecule has 2 N–H and O–H groups in total. The molecular weight excluding hydrogens is 300 g/mol. The second-order valence-electron chi connectivity index (χ2n) is 4.92. The first-order valence-electron chi connectivity index (χ1n) is 6.93. The van der Waals surface area contributed by atoms with E-state index >= 15 is 0 Å². The summed E-state index contributed by atoms with van der Waals surface area (Å²) in [6.07, 6.45) is 0.991. The highest BCUT2D eigenvalue weighted by Crippen LogP contribution is 2.18. The average Bonchev–Trinajstić information content (AvgIpc) is 2.53. The van der Waals surface area contributed by atoms with Gasteiger partial charge in [-0.15, -0.1) is 0 Å². The van der Waals surface area contributed by atoms with Gasteiger partial charge in [-0.05, 0) is 18.2 Å². The molecule has 7 heteroatoms. The van der Waals surface area contributed by atoms with Crippen molar-refractivity contribution in [3.8, 4) is 0 Å². The molecule has 1 rings (SSSR count). The van der Waals surface area contributed by atoms with E-state index in [1.54, 1.807) is 38.1 Å². The summed E-state index contributed by atoms with van der Waals surface area (Å²) in [7, 11) is 2.41. The van der Waals surface area contributed by atoms with E-state index < -0.39 is 11.9 Å². The van der Waals surface area contributed by atoms with Gasteiger partial charge in [-0.2, -0.15) is 0 Å². The standard InChI is InChI=1S/C16H20N2O5/c1-10(2)15(20)18-12-7-5-6-11(8-12)17-13(16(21)23-4)9-14(19)22-3/h5-10,17H,1-4H3,(H,18,20)/b13-9+. The molecule has 0 heterocycles. The number of esters is 2. The highest BCUT2D eigenvalue weighted by molar-refractivity contribution is 5.99. The normalized spacial score (nSPS) is 10.9. The first kappa shape index (κ1) is 18.2. The van der Waals surface area contributed by atoms with E-state index in [2.05, 4.69) is 20.1 Å². The molecule has 124 valence electrons. The zero-order valence-electron chi connectivity index (χ0n) is 13.5. The number of benzene rings is 1. The van der Waals surface area contributed by atoms with Crippen LogP contribution in [-0.4, -0.2) is 32.1 Å². The maximum atomic E-state index is 11.7. The quantitative estimate of drug-likeness (QED) is 0.614. The predicted molar refractivity (Wildman–Crippen MR) is 85.6 cm³/mol. The molecule has 0 aromatic heterocycles. The van der Waals surface area contributed by atoms with Crippen molar-refractivity contribution in [3.63, 3.8) is 0 Å². The number of rotatable bonds is 6. The summed E-state index contributed by atoms with van der Waals surface area (Å²) in [5, 5.41) is 5.52. The lowest BCUT2D eigenvalue weighted by Gasteiger charge is -2.12.